The lowest BCUT2D eigenvalue weighted by Gasteiger charge is -2.40. The first kappa shape index (κ1) is 27.1. The van der Waals surface area contributed by atoms with Crippen molar-refractivity contribution in [3.8, 4) is 0 Å². The summed E-state index contributed by atoms with van der Waals surface area (Å²) >= 11 is 10.0. The number of hydrogen-bond acceptors (Lipinski definition) is 5. The topological polar surface area (TPSA) is 66.3 Å². The lowest BCUT2D eigenvalue weighted by atomic mass is 9.95. The average molecular weight is 620 g/mol. The fraction of sp³-hybridized carbons (Fsp3) is 0.323. The van der Waals surface area contributed by atoms with Gasteiger partial charge in [0.15, 0.2) is 0 Å². The van der Waals surface area contributed by atoms with Gasteiger partial charge in [-0.05, 0) is 69.2 Å². The molecule has 0 saturated carbocycles. The lowest BCUT2D eigenvalue weighted by molar-refractivity contribution is -0.135. The van der Waals surface area contributed by atoms with Gasteiger partial charge in [-0.25, -0.2) is 4.98 Å². The summed E-state index contributed by atoms with van der Waals surface area (Å²) in [4.78, 5) is 27.6. The summed E-state index contributed by atoms with van der Waals surface area (Å²) < 4.78 is 3.00. The van der Waals surface area contributed by atoms with Crippen LogP contribution in [0.25, 0.3) is 0 Å². The van der Waals surface area contributed by atoms with Crippen LogP contribution in [0.3, 0.4) is 0 Å². The van der Waals surface area contributed by atoms with Crippen molar-refractivity contribution in [2.75, 3.05) is 26.2 Å². The Morgan fingerprint density at radius 1 is 1.12 bits per heavy atom. The molecule has 6 rings (SSSR count). The van der Waals surface area contributed by atoms with Gasteiger partial charge in [0.1, 0.15) is 0 Å². The summed E-state index contributed by atoms with van der Waals surface area (Å²) in [6.45, 7) is 4.00. The van der Waals surface area contributed by atoms with Crippen LogP contribution in [0.5, 0.6) is 0 Å². The van der Waals surface area contributed by atoms with Gasteiger partial charge in [-0.2, -0.15) is 0 Å². The second-order valence-electron chi connectivity index (χ2n) is 10.5. The highest BCUT2D eigenvalue weighted by Crippen LogP contribution is 2.38. The van der Waals surface area contributed by atoms with Crippen LogP contribution in [-0.4, -0.2) is 62.5 Å². The van der Waals surface area contributed by atoms with E-state index in [1.807, 2.05) is 46.1 Å². The van der Waals surface area contributed by atoms with Crippen molar-refractivity contribution in [3.63, 3.8) is 0 Å². The maximum Gasteiger partial charge on any atom is 0.241 e. The van der Waals surface area contributed by atoms with Crippen molar-refractivity contribution in [3.05, 3.63) is 117 Å². The van der Waals surface area contributed by atoms with Crippen LogP contribution in [0.4, 0.5) is 0 Å². The Morgan fingerprint density at radius 2 is 1.98 bits per heavy atom. The van der Waals surface area contributed by atoms with Crippen molar-refractivity contribution in [1.29, 1.82) is 0 Å². The molecule has 1 amide bonds. The molecule has 2 aromatic carbocycles. The highest BCUT2D eigenvalue weighted by atomic mass is 79.9. The zero-order valence-corrected chi connectivity index (χ0v) is 24.6. The third-order valence-corrected chi connectivity index (χ3v) is 8.54. The van der Waals surface area contributed by atoms with E-state index in [0.717, 1.165) is 46.7 Å². The molecule has 0 bridgehead atoms. The largest absolute Gasteiger partial charge is 0.336 e. The van der Waals surface area contributed by atoms with Crippen molar-refractivity contribution < 1.29 is 4.79 Å². The molecule has 3 heterocycles. The number of carbonyl (C=O) groups is 1. The Bertz CT molecular complexity index is 1410. The Kier molecular flexibility index (Phi) is 8.30. The minimum absolute atomic E-state index is 0.0382. The number of nitrogens with one attached hydrogen (secondary N) is 1. The first-order chi connectivity index (χ1) is 19.5. The van der Waals surface area contributed by atoms with Crippen LogP contribution in [0.15, 0.2) is 84.0 Å². The van der Waals surface area contributed by atoms with E-state index in [1.54, 1.807) is 12.5 Å². The number of hydrogen-bond donors (Lipinski definition) is 1. The van der Waals surface area contributed by atoms with Gasteiger partial charge in [0.05, 0.1) is 24.1 Å². The van der Waals surface area contributed by atoms with Gasteiger partial charge in [0.2, 0.25) is 5.91 Å². The first-order valence-electron chi connectivity index (χ1n) is 13.7. The number of piperazine rings is 1. The second kappa shape index (κ2) is 12.2. The molecule has 2 aliphatic rings. The highest BCUT2D eigenvalue weighted by molar-refractivity contribution is 9.10. The molecule has 9 heteroatoms. The average Bonchev–Trinajstić information content (AvgIpc) is 3.45. The molecule has 1 saturated heterocycles. The molecule has 1 aliphatic carbocycles. The molecule has 1 aliphatic heterocycles. The van der Waals surface area contributed by atoms with E-state index in [2.05, 4.69) is 61.5 Å². The zero-order valence-electron chi connectivity index (χ0n) is 22.2. The van der Waals surface area contributed by atoms with E-state index < -0.39 is 0 Å². The lowest BCUT2D eigenvalue weighted by Crippen LogP contribution is -2.58. The van der Waals surface area contributed by atoms with Crippen LogP contribution in [0, 0.1) is 0 Å². The summed E-state index contributed by atoms with van der Waals surface area (Å²) in [6, 6.07) is 18.2. The number of pyridine rings is 1. The molecular weight excluding hydrogens is 588 g/mol. The van der Waals surface area contributed by atoms with Crippen LogP contribution in [0.2, 0.25) is 5.02 Å². The van der Waals surface area contributed by atoms with E-state index in [9.17, 15) is 4.79 Å². The van der Waals surface area contributed by atoms with Crippen LogP contribution >= 0.6 is 27.5 Å². The van der Waals surface area contributed by atoms with Gasteiger partial charge in [-0.15, -0.1) is 0 Å². The molecule has 2 atom stereocenters. The van der Waals surface area contributed by atoms with E-state index in [1.165, 1.54) is 16.7 Å². The number of fused-ring (bicyclic) bond motifs is 2. The number of aryl methyl sites for hydroxylation is 2. The van der Waals surface area contributed by atoms with E-state index in [-0.39, 0.29) is 18.0 Å². The number of carbonyl (C=O) groups excluding carboxylic acids is 1. The molecule has 0 radical (unpaired) electrons. The normalized spacial score (nSPS) is 18.9. The Labute approximate surface area is 248 Å². The predicted molar refractivity (Wildman–Crippen MR) is 160 cm³/mol. The fourth-order valence-electron chi connectivity index (χ4n) is 5.90. The molecule has 0 spiro atoms. The molecule has 1 fully saturated rings. The SMILES string of the molecule is O=C([C@H]1CN([C@H]2c3ccc(Cl)cc3CCc3cc(Br)cnc32)CCN1)N(CCn1ccnc1)Cc1ccccc1. The summed E-state index contributed by atoms with van der Waals surface area (Å²) in [7, 11) is 0. The molecule has 7 nitrogen and oxygen atoms in total. The standard InChI is InChI=1S/C31H32BrClN6O/c32-25-16-24-7-6-23-17-26(33)8-9-27(23)30(29(24)36-18-25)38-13-11-35-28(20-38)31(40)39(15-14-37-12-10-34-21-37)19-22-4-2-1-3-5-22/h1-5,8-10,12,16-18,21,28,30,35H,6-7,11,13-15,19-20H2/t28-,30+/m1/s1. The van der Waals surface area contributed by atoms with Crippen molar-refractivity contribution >= 4 is 33.4 Å². The third-order valence-electron chi connectivity index (χ3n) is 7.88. The molecule has 1 N–H and O–H groups in total. The van der Waals surface area contributed by atoms with Crippen LogP contribution in [0.1, 0.15) is 34.0 Å². The second-order valence-corrected chi connectivity index (χ2v) is 11.8. The summed E-state index contributed by atoms with van der Waals surface area (Å²) in [5, 5.41) is 4.28. The number of rotatable bonds is 7. The summed E-state index contributed by atoms with van der Waals surface area (Å²) in [5.41, 5.74) is 5.90. The molecule has 206 valence electrons. The maximum absolute atomic E-state index is 14.1. The summed E-state index contributed by atoms with van der Waals surface area (Å²) in [6.07, 6.45) is 9.19. The number of benzene rings is 2. The van der Waals surface area contributed by atoms with Crippen molar-refractivity contribution in [2.24, 2.45) is 0 Å². The van der Waals surface area contributed by atoms with Crippen molar-refractivity contribution in [2.45, 2.75) is 38.0 Å². The van der Waals surface area contributed by atoms with E-state index >= 15 is 0 Å². The molecule has 4 aromatic rings. The smallest absolute Gasteiger partial charge is 0.241 e. The van der Waals surface area contributed by atoms with Gasteiger partial charge in [0.25, 0.3) is 0 Å². The van der Waals surface area contributed by atoms with Gasteiger partial charge in [0, 0.05) is 67.4 Å². The zero-order chi connectivity index (χ0) is 27.5. The van der Waals surface area contributed by atoms with Crippen LogP contribution < -0.4 is 5.32 Å². The number of aromatic nitrogens is 3. The number of amides is 1. The highest BCUT2D eigenvalue weighted by Gasteiger charge is 2.36. The predicted octanol–water partition coefficient (Wildman–Crippen LogP) is 4.88. The van der Waals surface area contributed by atoms with Crippen LogP contribution in [-0.2, 0) is 30.7 Å². The maximum atomic E-state index is 14.1. The molecule has 0 unspecified atom stereocenters. The molecule has 40 heavy (non-hydrogen) atoms. The Balaban J connectivity index is 1.28. The van der Waals surface area contributed by atoms with E-state index in [0.29, 0.717) is 26.2 Å². The van der Waals surface area contributed by atoms with Gasteiger partial charge in [-0.3, -0.25) is 14.7 Å². The quantitative estimate of drug-likeness (QED) is 0.319. The van der Waals surface area contributed by atoms with Gasteiger partial charge < -0.3 is 14.8 Å². The fourth-order valence-corrected chi connectivity index (χ4v) is 6.47. The van der Waals surface area contributed by atoms with Gasteiger partial charge in [-0.1, -0.05) is 48.0 Å². The number of imidazole rings is 1. The monoisotopic (exact) mass is 618 g/mol. The Hall–Kier alpha value is -3.04. The molecular formula is C31H32BrClN6O. The van der Waals surface area contributed by atoms with Gasteiger partial charge >= 0.3 is 0 Å². The minimum atomic E-state index is -0.321. The first-order valence-corrected chi connectivity index (χ1v) is 14.9. The number of halogens is 2. The Morgan fingerprint density at radius 3 is 2.80 bits per heavy atom. The third kappa shape index (κ3) is 6.00. The molecule has 2 aromatic heterocycles. The number of nitrogens with zero attached hydrogens (tertiary/aromatic N) is 5. The van der Waals surface area contributed by atoms with E-state index in [4.69, 9.17) is 16.6 Å². The van der Waals surface area contributed by atoms with Crippen molar-refractivity contribution in [1.82, 2.24) is 29.7 Å². The minimum Gasteiger partial charge on any atom is -0.336 e. The summed E-state index contributed by atoms with van der Waals surface area (Å²) in [5.74, 6) is 0.114.